The lowest BCUT2D eigenvalue weighted by Gasteiger charge is -2.16. The molecule has 0 amide bonds. The molecule has 2 aromatic carbocycles. The predicted octanol–water partition coefficient (Wildman–Crippen LogP) is 6.35. The Balaban J connectivity index is 2.35. The van der Waals surface area contributed by atoms with Crippen molar-refractivity contribution in [3.63, 3.8) is 0 Å². The van der Waals surface area contributed by atoms with Crippen molar-refractivity contribution in [2.75, 3.05) is 7.11 Å². The third-order valence-corrected chi connectivity index (χ3v) is 4.47. The summed E-state index contributed by atoms with van der Waals surface area (Å²) in [6.07, 6.45) is 0. The third kappa shape index (κ3) is 4.22. The number of alkyl halides is 6. The first-order valence-electron chi connectivity index (χ1n) is 7.07. The van der Waals surface area contributed by atoms with Crippen LogP contribution in [0.15, 0.2) is 36.4 Å². The third-order valence-electron chi connectivity index (χ3n) is 3.45. The van der Waals surface area contributed by atoms with E-state index in [0.717, 1.165) is 10.8 Å². The van der Waals surface area contributed by atoms with Crippen LogP contribution in [0, 0.1) is 0 Å². The number of halogens is 6. The largest absolute Gasteiger partial charge is 0.497 e. The number of fused-ring (bicyclic) bond motifs is 1. The van der Waals surface area contributed by atoms with Crippen LogP contribution in [0.1, 0.15) is 11.6 Å². The Morgan fingerprint density at radius 3 is 1.92 bits per heavy atom. The van der Waals surface area contributed by atoms with E-state index in [4.69, 9.17) is 74.3 Å². The van der Waals surface area contributed by atoms with Crippen LogP contribution in [-0.2, 0) is 7.59 Å². The van der Waals surface area contributed by atoms with Gasteiger partial charge in [-0.05, 0) is 22.9 Å². The molecule has 0 aliphatic heterocycles. The average molecular weight is 472 g/mol. The van der Waals surface area contributed by atoms with Gasteiger partial charge in [0.1, 0.15) is 5.75 Å². The van der Waals surface area contributed by atoms with E-state index in [-0.39, 0.29) is 17.5 Å². The van der Waals surface area contributed by atoms with Crippen LogP contribution in [0.25, 0.3) is 22.2 Å². The minimum Gasteiger partial charge on any atom is -0.497 e. The summed E-state index contributed by atoms with van der Waals surface area (Å²) in [5.41, 5.74) is 0.619. The lowest BCUT2D eigenvalue weighted by atomic mass is 10.0. The molecule has 3 rings (SSSR count). The smallest absolute Gasteiger partial charge is 0.250 e. The summed E-state index contributed by atoms with van der Waals surface area (Å²) in [7, 11) is 1.56. The first-order valence-corrected chi connectivity index (χ1v) is 9.34. The van der Waals surface area contributed by atoms with Gasteiger partial charge in [-0.3, -0.25) is 0 Å². The number of methoxy groups -OCH3 is 1. The second-order valence-electron chi connectivity index (χ2n) is 5.20. The second kappa shape index (κ2) is 7.34. The number of ether oxygens (including phenoxy) is 1. The Kier molecular flexibility index (Phi) is 5.65. The molecule has 136 valence electrons. The highest BCUT2D eigenvalue weighted by atomic mass is 35.6. The average Bonchev–Trinajstić information content (AvgIpc) is 2.58. The van der Waals surface area contributed by atoms with Gasteiger partial charge in [0.25, 0.3) is 0 Å². The SMILES string of the molecule is COc1cc(-c2nc(C(Cl)(Cl)Cl)nc(C(Cl)(Cl)Cl)n2)c2ccccc2c1. The molecule has 4 nitrogen and oxygen atoms in total. The minimum absolute atomic E-state index is 0.152. The molecule has 0 unspecified atom stereocenters. The van der Waals surface area contributed by atoms with Gasteiger partial charge in [0.15, 0.2) is 17.5 Å². The van der Waals surface area contributed by atoms with Gasteiger partial charge in [-0.25, -0.2) is 15.0 Å². The monoisotopic (exact) mass is 469 g/mol. The van der Waals surface area contributed by atoms with Crippen molar-refractivity contribution < 1.29 is 4.74 Å². The van der Waals surface area contributed by atoms with E-state index < -0.39 is 7.59 Å². The number of aromatic nitrogens is 3. The van der Waals surface area contributed by atoms with E-state index >= 15 is 0 Å². The Hall–Kier alpha value is -0.750. The molecule has 0 radical (unpaired) electrons. The molecular weight excluding hydrogens is 463 g/mol. The highest BCUT2D eigenvalue weighted by Crippen LogP contribution is 2.41. The summed E-state index contributed by atoms with van der Waals surface area (Å²) < 4.78 is 1.51. The van der Waals surface area contributed by atoms with Crippen molar-refractivity contribution in [1.82, 2.24) is 15.0 Å². The molecule has 0 atom stereocenters. The van der Waals surface area contributed by atoms with Crippen molar-refractivity contribution in [3.8, 4) is 17.1 Å². The summed E-state index contributed by atoms with van der Waals surface area (Å²) in [6.45, 7) is 0. The number of hydrogen-bond acceptors (Lipinski definition) is 4. The standard InChI is InChI=1S/C16H9Cl6N3O/c1-26-9-6-8-4-2-3-5-10(8)11(7-9)12-23-13(15(17,18)19)25-14(24-12)16(20,21)22/h2-7H,1H3. The van der Waals surface area contributed by atoms with Crippen molar-refractivity contribution in [1.29, 1.82) is 0 Å². The summed E-state index contributed by atoms with van der Waals surface area (Å²) >= 11 is 35.6. The normalized spacial score (nSPS) is 12.4. The Labute approximate surface area is 179 Å². The maximum absolute atomic E-state index is 5.94. The van der Waals surface area contributed by atoms with Crippen LogP contribution < -0.4 is 4.74 Å². The highest BCUT2D eigenvalue weighted by molar-refractivity contribution is 6.67. The Morgan fingerprint density at radius 2 is 1.38 bits per heavy atom. The zero-order valence-corrected chi connectivity index (χ0v) is 17.5. The fraction of sp³-hybridized carbons (Fsp3) is 0.188. The van der Waals surface area contributed by atoms with E-state index in [1.807, 2.05) is 30.3 Å². The maximum atomic E-state index is 5.94. The van der Waals surface area contributed by atoms with Gasteiger partial charge in [-0.15, -0.1) is 0 Å². The van der Waals surface area contributed by atoms with Gasteiger partial charge in [0.2, 0.25) is 7.59 Å². The van der Waals surface area contributed by atoms with Crippen molar-refractivity contribution in [3.05, 3.63) is 48.0 Å². The molecule has 0 saturated heterocycles. The number of nitrogens with zero attached hydrogens (tertiary/aromatic N) is 3. The van der Waals surface area contributed by atoms with Crippen LogP contribution in [-0.4, -0.2) is 22.1 Å². The minimum atomic E-state index is -1.92. The van der Waals surface area contributed by atoms with Gasteiger partial charge in [0.05, 0.1) is 7.11 Å². The molecule has 26 heavy (non-hydrogen) atoms. The summed E-state index contributed by atoms with van der Waals surface area (Å²) in [5.74, 6) is 0.490. The lowest BCUT2D eigenvalue weighted by molar-refractivity contribution is 0.415. The number of rotatable bonds is 2. The molecule has 0 fully saturated rings. The van der Waals surface area contributed by atoms with E-state index in [9.17, 15) is 0 Å². The van der Waals surface area contributed by atoms with Gasteiger partial charge < -0.3 is 4.74 Å². The maximum Gasteiger partial charge on any atom is 0.250 e. The molecular formula is C16H9Cl6N3O. The van der Waals surface area contributed by atoms with Gasteiger partial charge in [0, 0.05) is 5.56 Å². The van der Waals surface area contributed by atoms with Crippen molar-refractivity contribution >= 4 is 80.4 Å². The highest BCUT2D eigenvalue weighted by Gasteiger charge is 2.34. The first-order chi connectivity index (χ1) is 12.1. The summed E-state index contributed by atoms with van der Waals surface area (Å²) in [6, 6.07) is 11.2. The molecule has 0 aliphatic rings. The van der Waals surface area contributed by atoms with Gasteiger partial charge in [-0.2, -0.15) is 0 Å². The van der Waals surface area contributed by atoms with Crippen LogP contribution in [0.4, 0.5) is 0 Å². The number of benzene rings is 2. The van der Waals surface area contributed by atoms with Crippen molar-refractivity contribution in [2.45, 2.75) is 7.59 Å². The van der Waals surface area contributed by atoms with E-state index in [0.29, 0.717) is 11.3 Å². The molecule has 1 aromatic heterocycles. The second-order valence-corrected chi connectivity index (χ2v) is 9.76. The van der Waals surface area contributed by atoms with Crippen molar-refractivity contribution in [2.24, 2.45) is 0 Å². The number of hydrogen-bond donors (Lipinski definition) is 0. The molecule has 0 saturated carbocycles. The summed E-state index contributed by atoms with van der Waals surface area (Å²) in [5, 5.41) is 1.76. The van der Waals surface area contributed by atoms with Gasteiger partial charge >= 0.3 is 0 Å². The zero-order valence-electron chi connectivity index (χ0n) is 13.0. The molecule has 3 aromatic rings. The Morgan fingerprint density at radius 1 is 0.808 bits per heavy atom. The van der Waals surface area contributed by atoms with Crippen LogP contribution >= 0.6 is 69.6 Å². The van der Waals surface area contributed by atoms with Gasteiger partial charge in [-0.1, -0.05) is 93.9 Å². The van der Waals surface area contributed by atoms with E-state index in [2.05, 4.69) is 15.0 Å². The van der Waals surface area contributed by atoms with Crippen LogP contribution in [0.3, 0.4) is 0 Å². The first kappa shape index (κ1) is 20.0. The van der Waals surface area contributed by atoms with E-state index in [1.54, 1.807) is 13.2 Å². The Bertz CT molecular complexity index is 936. The quantitative estimate of drug-likeness (QED) is 0.408. The van der Waals surface area contributed by atoms with Crippen LogP contribution in [0.5, 0.6) is 5.75 Å². The van der Waals surface area contributed by atoms with Crippen LogP contribution in [0.2, 0.25) is 0 Å². The molecule has 1 heterocycles. The molecule has 0 bridgehead atoms. The molecule has 0 aliphatic carbocycles. The fourth-order valence-corrected chi connectivity index (χ4v) is 2.84. The molecule has 10 heteroatoms. The lowest BCUT2D eigenvalue weighted by Crippen LogP contribution is -2.16. The molecule has 0 spiro atoms. The molecule has 0 N–H and O–H groups in total. The zero-order chi connectivity index (χ0) is 19.1. The fourth-order valence-electron chi connectivity index (χ4n) is 2.34. The van der Waals surface area contributed by atoms with E-state index in [1.165, 1.54) is 0 Å². The predicted molar refractivity (Wildman–Crippen MR) is 108 cm³/mol. The summed E-state index contributed by atoms with van der Waals surface area (Å²) in [4.78, 5) is 12.5. The topological polar surface area (TPSA) is 47.9 Å².